The molecule has 1 atom stereocenters. The van der Waals surface area contributed by atoms with E-state index in [0.29, 0.717) is 11.5 Å². The first-order valence-corrected chi connectivity index (χ1v) is 11.1. The van der Waals surface area contributed by atoms with E-state index in [-0.39, 0.29) is 17.9 Å². The summed E-state index contributed by atoms with van der Waals surface area (Å²) in [5.74, 6) is 0.399. The van der Waals surface area contributed by atoms with Crippen LogP contribution in [0.4, 0.5) is 20.7 Å². The molecule has 0 radical (unpaired) electrons. The third-order valence-corrected chi connectivity index (χ3v) is 6.08. The van der Waals surface area contributed by atoms with Gasteiger partial charge in [0.05, 0.1) is 7.11 Å². The first-order chi connectivity index (χ1) is 15.6. The molecule has 0 spiro atoms. The van der Waals surface area contributed by atoms with Gasteiger partial charge in [-0.25, -0.2) is 14.2 Å². The number of pyridine rings is 1. The minimum Gasteiger partial charge on any atom is -0.494 e. The normalized spacial score (nSPS) is 15.8. The molecular formula is C25H31FN4O3. The topological polar surface area (TPSA) is 68.6 Å². The second-order valence-corrected chi connectivity index (χ2v) is 9.51. The van der Waals surface area contributed by atoms with E-state index >= 15 is 0 Å². The number of hydrogen-bond donors (Lipinski definition) is 1. The number of carbonyl (C=O) groups excluding carboxylic acids is 1. The van der Waals surface area contributed by atoms with Crippen LogP contribution in [0.15, 0.2) is 30.3 Å². The highest BCUT2D eigenvalue weighted by molar-refractivity contribution is 5.85. The SMILES string of the molecule is COc1ccc(Nc2ccc3c4c(n(C)c3n2)CCC(N(C)C(=O)OC(C)(C)C)C4)cc1F. The van der Waals surface area contributed by atoms with Crippen LogP contribution in [0, 0.1) is 5.82 Å². The zero-order chi connectivity index (χ0) is 23.9. The Hall–Kier alpha value is -3.29. The minimum absolute atomic E-state index is 0.0676. The first-order valence-electron chi connectivity index (χ1n) is 11.1. The zero-order valence-corrected chi connectivity index (χ0v) is 20.0. The predicted octanol–water partition coefficient (Wildman–Crippen LogP) is 5.19. The fraction of sp³-hybridized carbons (Fsp3) is 0.440. The Kier molecular flexibility index (Phi) is 5.95. The second kappa shape index (κ2) is 8.57. The molecule has 3 aromatic rings. The molecule has 1 aliphatic rings. The Morgan fingerprint density at radius 2 is 2.03 bits per heavy atom. The van der Waals surface area contributed by atoms with Crippen LogP contribution in [-0.2, 0) is 24.6 Å². The highest BCUT2D eigenvalue weighted by Gasteiger charge is 2.31. The molecule has 33 heavy (non-hydrogen) atoms. The molecule has 4 rings (SSSR count). The van der Waals surface area contributed by atoms with E-state index in [1.165, 1.54) is 24.4 Å². The van der Waals surface area contributed by atoms with Gasteiger partial charge in [0.1, 0.15) is 17.1 Å². The number of hydrogen-bond acceptors (Lipinski definition) is 5. The van der Waals surface area contributed by atoms with Gasteiger partial charge < -0.3 is 24.3 Å². The maximum atomic E-state index is 14.0. The van der Waals surface area contributed by atoms with Crippen molar-refractivity contribution in [3.8, 4) is 5.75 Å². The maximum Gasteiger partial charge on any atom is 0.410 e. The summed E-state index contributed by atoms with van der Waals surface area (Å²) in [4.78, 5) is 19.1. The van der Waals surface area contributed by atoms with Crippen molar-refractivity contribution in [2.45, 2.75) is 51.7 Å². The Morgan fingerprint density at radius 1 is 1.27 bits per heavy atom. The molecule has 1 amide bonds. The van der Waals surface area contributed by atoms with E-state index in [0.717, 1.165) is 30.3 Å². The number of aryl methyl sites for hydroxylation is 1. The summed E-state index contributed by atoms with van der Waals surface area (Å²) in [6, 6.07) is 8.72. The number of carbonyl (C=O) groups is 1. The molecule has 0 saturated carbocycles. The molecule has 7 nitrogen and oxygen atoms in total. The number of nitrogens with zero attached hydrogens (tertiary/aromatic N) is 3. The standard InChI is InChI=1S/C25H31FN4O3/c1-25(2,3)33-24(31)29(4)16-8-10-20-18(14-16)17-9-12-22(28-23(17)30(20)5)27-15-7-11-21(32-6)19(26)13-15/h7,9,11-13,16H,8,10,14H2,1-6H3,(H,27,28). The van der Waals surface area contributed by atoms with Gasteiger partial charge >= 0.3 is 6.09 Å². The molecule has 1 N–H and O–H groups in total. The number of fused-ring (bicyclic) bond motifs is 3. The highest BCUT2D eigenvalue weighted by atomic mass is 19.1. The Labute approximate surface area is 193 Å². The molecule has 2 aromatic heterocycles. The molecule has 0 saturated heterocycles. The number of methoxy groups -OCH3 is 1. The number of rotatable bonds is 4. The van der Waals surface area contributed by atoms with Crippen molar-refractivity contribution in [3.05, 3.63) is 47.4 Å². The average molecular weight is 455 g/mol. The minimum atomic E-state index is -0.523. The van der Waals surface area contributed by atoms with Crippen LogP contribution in [0.3, 0.4) is 0 Å². The van der Waals surface area contributed by atoms with Gasteiger partial charge in [0.15, 0.2) is 11.6 Å². The smallest absolute Gasteiger partial charge is 0.410 e. The van der Waals surface area contributed by atoms with Crippen molar-refractivity contribution in [3.63, 3.8) is 0 Å². The summed E-state index contributed by atoms with van der Waals surface area (Å²) in [7, 11) is 5.26. The van der Waals surface area contributed by atoms with Crippen LogP contribution >= 0.6 is 0 Å². The third-order valence-electron chi connectivity index (χ3n) is 6.08. The van der Waals surface area contributed by atoms with E-state index in [9.17, 15) is 9.18 Å². The number of likely N-dealkylation sites (N-methyl/N-ethyl adjacent to an activating group) is 1. The predicted molar refractivity (Wildman–Crippen MR) is 127 cm³/mol. The van der Waals surface area contributed by atoms with Crippen molar-refractivity contribution >= 4 is 28.6 Å². The molecule has 1 aliphatic carbocycles. The quantitative estimate of drug-likeness (QED) is 0.588. The lowest BCUT2D eigenvalue weighted by atomic mass is 9.91. The van der Waals surface area contributed by atoms with Crippen molar-refractivity contribution in [2.75, 3.05) is 19.5 Å². The second-order valence-electron chi connectivity index (χ2n) is 9.51. The molecule has 1 aromatic carbocycles. The molecule has 8 heteroatoms. The van der Waals surface area contributed by atoms with Crippen molar-refractivity contribution < 1.29 is 18.7 Å². The summed E-state index contributed by atoms with van der Waals surface area (Å²) in [5.41, 5.74) is 3.38. The summed E-state index contributed by atoms with van der Waals surface area (Å²) in [5, 5.41) is 4.24. The number of aromatic nitrogens is 2. The number of anilines is 2. The molecule has 0 bridgehead atoms. The van der Waals surface area contributed by atoms with Crippen molar-refractivity contribution in [1.82, 2.24) is 14.5 Å². The lowest BCUT2D eigenvalue weighted by molar-refractivity contribution is 0.0210. The van der Waals surface area contributed by atoms with Gasteiger partial charge in [-0.2, -0.15) is 0 Å². The third kappa shape index (κ3) is 4.60. The first kappa shape index (κ1) is 22.9. The van der Waals surface area contributed by atoms with E-state index in [2.05, 4.69) is 9.88 Å². The number of amides is 1. The van der Waals surface area contributed by atoms with E-state index in [1.807, 2.05) is 47.0 Å². The number of nitrogens with one attached hydrogen (secondary N) is 1. The molecule has 1 unspecified atom stereocenters. The van der Waals surface area contributed by atoms with Gasteiger partial charge in [-0.1, -0.05) is 0 Å². The fourth-order valence-corrected chi connectivity index (χ4v) is 4.39. The van der Waals surface area contributed by atoms with Gasteiger partial charge in [-0.15, -0.1) is 0 Å². The van der Waals surface area contributed by atoms with E-state index < -0.39 is 11.4 Å². The summed E-state index contributed by atoms with van der Waals surface area (Å²) in [6.45, 7) is 5.63. The van der Waals surface area contributed by atoms with Gasteiger partial charge in [0.2, 0.25) is 0 Å². The molecule has 0 fully saturated rings. The van der Waals surface area contributed by atoms with Gasteiger partial charge in [0.25, 0.3) is 0 Å². The molecule has 176 valence electrons. The lowest BCUT2D eigenvalue weighted by Gasteiger charge is -2.33. The molecular weight excluding hydrogens is 423 g/mol. The largest absolute Gasteiger partial charge is 0.494 e. The van der Waals surface area contributed by atoms with Crippen LogP contribution in [0.25, 0.3) is 11.0 Å². The summed E-state index contributed by atoms with van der Waals surface area (Å²) < 4.78 is 26.7. The zero-order valence-electron chi connectivity index (χ0n) is 20.0. The van der Waals surface area contributed by atoms with Crippen molar-refractivity contribution in [1.29, 1.82) is 0 Å². The Balaban J connectivity index is 1.58. The fourth-order valence-electron chi connectivity index (χ4n) is 4.39. The van der Waals surface area contributed by atoms with Gasteiger partial charge in [-0.05, 0) is 69.9 Å². The number of ether oxygens (including phenoxy) is 2. The van der Waals surface area contributed by atoms with E-state index in [1.54, 1.807) is 17.0 Å². The average Bonchev–Trinajstić information content (AvgIpc) is 3.03. The molecule has 2 heterocycles. The van der Waals surface area contributed by atoms with Crippen LogP contribution in [-0.4, -0.2) is 46.3 Å². The summed E-state index contributed by atoms with van der Waals surface area (Å²) >= 11 is 0. The highest BCUT2D eigenvalue weighted by Crippen LogP contribution is 2.33. The van der Waals surface area contributed by atoms with Crippen LogP contribution < -0.4 is 10.1 Å². The maximum absolute atomic E-state index is 14.0. The van der Waals surface area contributed by atoms with Crippen molar-refractivity contribution in [2.24, 2.45) is 7.05 Å². The number of benzene rings is 1. The lowest BCUT2D eigenvalue weighted by Crippen LogP contribution is -2.43. The van der Waals surface area contributed by atoms with E-state index in [4.69, 9.17) is 14.5 Å². The van der Waals surface area contributed by atoms with Crippen LogP contribution in [0.2, 0.25) is 0 Å². The van der Waals surface area contributed by atoms with Crippen LogP contribution in [0.1, 0.15) is 38.4 Å². The summed E-state index contributed by atoms with van der Waals surface area (Å²) in [6.07, 6.45) is 2.17. The van der Waals surface area contributed by atoms with Crippen LogP contribution in [0.5, 0.6) is 5.75 Å². The number of halogens is 1. The van der Waals surface area contributed by atoms with Gasteiger partial charge in [0, 0.05) is 43.0 Å². The van der Waals surface area contributed by atoms with Gasteiger partial charge in [-0.3, -0.25) is 0 Å². The Morgan fingerprint density at radius 3 is 2.70 bits per heavy atom. The Bertz CT molecular complexity index is 1200. The molecule has 0 aliphatic heterocycles. The monoisotopic (exact) mass is 454 g/mol.